The van der Waals surface area contributed by atoms with Crippen molar-refractivity contribution in [3.8, 4) is 0 Å². The highest BCUT2D eigenvalue weighted by atomic mass is 16.6. The number of anilines is 1. The van der Waals surface area contributed by atoms with Crippen molar-refractivity contribution in [1.82, 2.24) is 5.01 Å². The molecule has 0 aromatic heterocycles. The predicted molar refractivity (Wildman–Crippen MR) is 106 cm³/mol. The van der Waals surface area contributed by atoms with Crippen molar-refractivity contribution < 1.29 is 19.3 Å². The van der Waals surface area contributed by atoms with E-state index >= 15 is 0 Å². The quantitative estimate of drug-likeness (QED) is 0.371. The maximum Gasteiger partial charge on any atom is 0.283 e. The number of carbonyl (C=O) groups excluding carboxylic acids is 3. The number of hydrogen-bond donors (Lipinski definition) is 1. The molecule has 9 nitrogen and oxygen atoms in total. The van der Waals surface area contributed by atoms with Gasteiger partial charge in [-0.25, -0.2) is 0 Å². The van der Waals surface area contributed by atoms with Gasteiger partial charge in [0.1, 0.15) is 0 Å². The van der Waals surface area contributed by atoms with Crippen LogP contribution < -0.4 is 5.32 Å². The molecule has 1 aliphatic rings. The van der Waals surface area contributed by atoms with E-state index in [-0.39, 0.29) is 22.7 Å². The number of amides is 3. The fraction of sp³-hybridized carbons (Fsp3) is 0.100. The molecular formula is C20H16N4O5. The summed E-state index contributed by atoms with van der Waals surface area (Å²) in [4.78, 5) is 46.8. The van der Waals surface area contributed by atoms with E-state index in [1.807, 2.05) is 0 Å². The smallest absolute Gasteiger partial charge is 0.283 e. The summed E-state index contributed by atoms with van der Waals surface area (Å²) in [6.45, 7) is 2.95. The predicted octanol–water partition coefficient (Wildman–Crippen LogP) is 3.00. The van der Waals surface area contributed by atoms with Crippen LogP contribution in [0, 0.1) is 10.1 Å². The minimum atomic E-state index is -0.620. The summed E-state index contributed by atoms with van der Waals surface area (Å²) < 4.78 is 0. The number of nitrogens with zero attached hydrogens (tertiary/aromatic N) is 3. The normalized spacial score (nSPS) is 14.7. The van der Waals surface area contributed by atoms with E-state index in [2.05, 4.69) is 10.4 Å². The maximum absolute atomic E-state index is 12.7. The number of nitrogens with one attached hydrogen (secondary N) is 1. The number of benzene rings is 2. The fourth-order valence-corrected chi connectivity index (χ4v) is 2.74. The largest absolute Gasteiger partial charge is 0.326 e. The molecule has 0 bridgehead atoms. The lowest BCUT2D eigenvalue weighted by Gasteiger charge is -2.10. The highest BCUT2D eigenvalue weighted by molar-refractivity contribution is 6.30. The zero-order valence-electron chi connectivity index (χ0n) is 15.6. The van der Waals surface area contributed by atoms with Gasteiger partial charge in [0.25, 0.3) is 17.5 Å². The SMILES string of the molecule is CC(=O)Nc1ccc(C(=O)N2N=C(C)/C(=C/c3cccc([N+](=O)[O-])c3)C2=O)cc1. The molecule has 2 aromatic rings. The summed E-state index contributed by atoms with van der Waals surface area (Å²) in [6, 6.07) is 11.9. The highest BCUT2D eigenvalue weighted by Gasteiger charge is 2.33. The Bertz CT molecular complexity index is 1090. The molecule has 2 aromatic carbocycles. The Labute approximate surface area is 165 Å². The van der Waals surface area contributed by atoms with Crippen molar-refractivity contribution >= 4 is 40.9 Å². The molecule has 0 spiro atoms. The molecular weight excluding hydrogens is 376 g/mol. The molecule has 0 saturated heterocycles. The Kier molecular flexibility index (Phi) is 5.31. The molecule has 9 heteroatoms. The van der Waals surface area contributed by atoms with Crippen molar-refractivity contribution in [1.29, 1.82) is 0 Å². The van der Waals surface area contributed by atoms with Crippen LogP contribution in [0.5, 0.6) is 0 Å². The van der Waals surface area contributed by atoms with Gasteiger partial charge in [0.2, 0.25) is 5.91 Å². The van der Waals surface area contributed by atoms with Crippen molar-refractivity contribution in [3.05, 3.63) is 75.3 Å². The molecule has 146 valence electrons. The van der Waals surface area contributed by atoms with Crippen LogP contribution in [0.15, 0.2) is 59.2 Å². The van der Waals surface area contributed by atoms with Gasteiger partial charge in [-0.05, 0) is 42.8 Å². The molecule has 1 heterocycles. The van der Waals surface area contributed by atoms with Crippen LogP contribution in [0.1, 0.15) is 29.8 Å². The maximum atomic E-state index is 12.7. The van der Waals surface area contributed by atoms with Gasteiger partial charge in [0.05, 0.1) is 16.2 Å². The molecule has 0 atom stereocenters. The van der Waals surface area contributed by atoms with E-state index in [1.165, 1.54) is 43.3 Å². The zero-order valence-corrected chi connectivity index (χ0v) is 15.6. The number of nitro benzene ring substituents is 1. The third-order valence-corrected chi connectivity index (χ3v) is 4.10. The van der Waals surface area contributed by atoms with Crippen LogP contribution >= 0.6 is 0 Å². The zero-order chi connectivity index (χ0) is 21.1. The fourth-order valence-electron chi connectivity index (χ4n) is 2.74. The van der Waals surface area contributed by atoms with Crippen molar-refractivity contribution in [3.63, 3.8) is 0 Å². The molecule has 0 saturated carbocycles. The van der Waals surface area contributed by atoms with Gasteiger partial charge in [-0.1, -0.05) is 12.1 Å². The second kappa shape index (κ2) is 7.85. The van der Waals surface area contributed by atoms with E-state index in [1.54, 1.807) is 25.1 Å². The Balaban J connectivity index is 1.84. The molecule has 29 heavy (non-hydrogen) atoms. The highest BCUT2D eigenvalue weighted by Crippen LogP contribution is 2.23. The van der Waals surface area contributed by atoms with Gasteiger partial charge in [0, 0.05) is 30.3 Å². The van der Waals surface area contributed by atoms with Crippen LogP contribution in [0.4, 0.5) is 11.4 Å². The first-order chi connectivity index (χ1) is 13.8. The molecule has 3 rings (SSSR count). The Morgan fingerprint density at radius 2 is 1.86 bits per heavy atom. The summed E-state index contributed by atoms with van der Waals surface area (Å²) in [5, 5.41) is 18.3. The molecule has 1 N–H and O–H groups in total. The van der Waals surface area contributed by atoms with Gasteiger partial charge in [-0.3, -0.25) is 24.5 Å². The average molecular weight is 392 g/mol. The topological polar surface area (TPSA) is 122 Å². The number of hydrogen-bond acceptors (Lipinski definition) is 6. The number of non-ortho nitro benzene ring substituents is 1. The molecule has 1 aliphatic heterocycles. The minimum absolute atomic E-state index is 0.105. The number of nitro groups is 1. The summed E-state index contributed by atoms with van der Waals surface area (Å²) in [5.74, 6) is -1.48. The van der Waals surface area contributed by atoms with Crippen LogP contribution in [0.25, 0.3) is 6.08 Å². The van der Waals surface area contributed by atoms with Crippen LogP contribution in [0.3, 0.4) is 0 Å². The third kappa shape index (κ3) is 4.24. The second-order valence-electron chi connectivity index (χ2n) is 6.28. The van der Waals surface area contributed by atoms with E-state index in [9.17, 15) is 24.5 Å². The Morgan fingerprint density at radius 3 is 2.48 bits per heavy atom. The molecule has 0 fully saturated rings. The van der Waals surface area contributed by atoms with Gasteiger partial charge in [0.15, 0.2) is 0 Å². The lowest BCUT2D eigenvalue weighted by molar-refractivity contribution is -0.384. The Hall–Kier alpha value is -4.14. The van der Waals surface area contributed by atoms with Gasteiger partial charge in [-0.15, -0.1) is 0 Å². The average Bonchev–Trinajstić information content (AvgIpc) is 2.96. The lowest BCUT2D eigenvalue weighted by atomic mass is 10.1. The van der Waals surface area contributed by atoms with Crippen molar-refractivity contribution in [2.24, 2.45) is 5.10 Å². The minimum Gasteiger partial charge on any atom is -0.326 e. The number of carbonyl (C=O) groups is 3. The first-order valence-corrected chi connectivity index (χ1v) is 8.54. The van der Waals surface area contributed by atoms with E-state index in [4.69, 9.17) is 0 Å². The van der Waals surface area contributed by atoms with Crippen LogP contribution in [-0.2, 0) is 9.59 Å². The third-order valence-electron chi connectivity index (χ3n) is 4.10. The first kappa shape index (κ1) is 19.6. The number of hydrazone groups is 1. The number of rotatable bonds is 4. The summed E-state index contributed by atoms with van der Waals surface area (Å²) in [7, 11) is 0. The van der Waals surface area contributed by atoms with Gasteiger partial charge in [-0.2, -0.15) is 10.1 Å². The van der Waals surface area contributed by atoms with E-state index in [0.29, 0.717) is 17.0 Å². The van der Waals surface area contributed by atoms with E-state index < -0.39 is 16.7 Å². The standard InChI is InChI=1S/C20H16N4O5/c1-12-18(11-14-4-3-5-17(10-14)24(28)29)20(27)23(22-12)19(26)15-6-8-16(9-7-15)21-13(2)25/h3-11H,1-2H3,(H,21,25)/b18-11-. The summed E-state index contributed by atoms with van der Waals surface area (Å²) >= 11 is 0. The number of imide groups is 1. The summed E-state index contributed by atoms with van der Waals surface area (Å²) in [5.41, 5.74) is 1.59. The first-order valence-electron chi connectivity index (χ1n) is 8.54. The summed E-state index contributed by atoms with van der Waals surface area (Å²) in [6.07, 6.45) is 1.46. The molecule has 0 radical (unpaired) electrons. The van der Waals surface area contributed by atoms with Crippen molar-refractivity contribution in [2.45, 2.75) is 13.8 Å². The lowest BCUT2D eigenvalue weighted by Crippen LogP contribution is -2.29. The van der Waals surface area contributed by atoms with Crippen LogP contribution in [0.2, 0.25) is 0 Å². The molecule has 0 unspecified atom stereocenters. The van der Waals surface area contributed by atoms with Gasteiger partial charge < -0.3 is 5.32 Å². The van der Waals surface area contributed by atoms with Gasteiger partial charge >= 0.3 is 0 Å². The monoisotopic (exact) mass is 392 g/mol. The van der Waals surface area contributed by atoms with Crippen LogP contribution in [-0.4, -0.2) is 33.4 Å². The van der Waals surface area contributed by atoms with E-state index in [0.717, 1.165) is 5.01 Å². The molecule has 0 aliphatic carbocycles. The second-order valence-corrected chi connectivity index (χ2v) is 6.28. The van der Waals surface area contributed by atoms with Crippen molar-refractivity contribution in [2.75, 3.05) is 5.32 Å². The molecule has 3 amide bonds. The Morgan fingerprint density at radius 1 is 1.17 bits per heavy atom.